The summed E-state index contributed by atoms with van der Waals surface area (Å²) in [5.41, 5.74) is 3.39. The van der Waals surface area contributed by atoms with Gasteiger partial charge < -0.3 is 5.32 Å². The van der Waals surface area contributed by atoms with Crippen LogP contribution < -0.4 is 5.32 Å². The molecule has 0 aliphatic carbocycles. The molecule has 0 aliphatic rings. The Morgan fingerprint density at radius 3 is 2.62 bits per heavy atom. The Bertz CT molecular complexity index is 878. The van der Waals surface area contributed by atoms with Gasteiger partial charge in [0.15, 0.2) is 0 Å². The molecule has 1 amide bonds. The van der Waals surface area contributed by atoms with Gasteiger partial charge in [-0.05, 0) is 18.6 Å². The summed E-state index contributed by atoms with van der Waals surface area (Å²) in [6, 6.07) is 9.43. The van der Waals surface area contributed by atoms with Crippen molar-refractivity contribution in [3.05, 3.63) is 68.2 Å². The molecule has 2 heterocycles. The van der Waals surface area contributed by atoms with Crippen molar-refractivity contribution in [1.82, 2.24) is 15.3 Å². The highest BCUT2D eigenvalue weighted by Crippen LogP contribution is 2.22. The second-order valence-electron chi connectivity index (χ2n) is 5.13. The average molecular weight is 378 g/mol. The van der Waals surface area contributed by atoms with Crippen molar-refractivity contribution in [3.63, 3.8) is 0 Å². The molecule has 0 radical (unpaired) electrons. The Labute approximate surface area is 153 Å². The lowest BCUT2D eigenvalue weighted by atomic mass is 10.1. The number of pyridine rings is 1. The fraction of sp³-hybridized carbons (Fsp3) is 0.118. The molecule has 24 heavy (non-hydrogen) atoms. The smallest absolute Gasteiger partial charge is 0.253 e. The van der Waals surface area contributed by atoms with Crippen LogP contribution in [0.1, 0.15) is 20.9 Å². The van der Waals surface area contributed by atoms with Gasteiger partial charge in [-0.15, -0.1) is 11.3 Å². The maximum absolute atomic E-state index is 12.1. The van der Waals surface area contributed by atoms with Crippen molar-refractivity contribution in [2.75, 3.05) is 0 Å². The normalized spacial score (nSPS) is 10.6. The van der Waals surface area contributed by atoms with E-state index in [2.05, 4.69) is 15.3 Å². The number of thiazole rings is 1. The Kier molecular flexibility index (Phi) is 5.14. The number of nitrogens with one attached hydrogen (secondary N) is 1. The third-order valence-electron chi connectivity index (χ3n) is 3.38. The summed E-state index contributed by atoms with van der Waals surface area (Å²) in [4.78, 5) is 20.4. The van der Waals surface area contributed by atoms with Gasteiger partial charge in [0.05, 0.1) is 21.3 Å². The molecule has 122 valence electrons. The van der Waals surface area contributed by atoms with E-state index in [1.165, 1.54) is 12.3 Å². The van der Waals surface area contributed by atoms with Crippen LogP contribution in [0.25, 0.3) is 11.3 Å². The van der Waals surface area contributed by atoms with Crippen LogP contribution >= 0.6 is 34.5 Å². The van der Waals surface area contributed by atoms with Gasteiger partial charge >= 0.3 is 0 Å². The molecule has 0 unspecified atom stereocenters. The molecule has 0 fully saturated rings. The van der Waals surface area contributed by atoms with E-state index in [9.17, 15) is 4.79 Å². The molecule has 0 aliphatic heterocycles. The molecule has 1 N–H and O–H groups in total. The second-order valence-corrected chi connectivity index (χ2v) is 6.96. The molecule has 0 atom stereocenters. The number of halogens is 2. The highest BCUT2D eigenvalue weighted by Gasteiger charge is 2.09. The van der Waals surface area contributed by atoms with Crippen molar-refractivity contribution in [2.45, 2.75) is 13.5 Å². The Balaban J connectivity index is 1.64. The summed E-state index contributed by atoms with van der Waals surface area (Å²) in [5.74, 6) is -0.250. The first-order chi connectivity index (χ1) is 11.5. The minimum Gasteiger partial charge on any atom is -0.348 e. The van der Waals surface area contributed by atoms with E-state index in [0.717, 1.165) is 21.8 Å². The van der Waals surface area contributed by atoms with Gasteiger partial charge in [-0.1, -0.05) is 47.5 Å². The number of aryl methyl sites for hydroxylation is 1. The van der Waals surface area contributed by atoms with Gasteiger partial charge in [-0.2, -0.15) is 0 Å². The first kappa shape index (κ1) is 16.9. The number of aromatic nitrogens is 2. The average Bonchev–Trinajstić information content (AvgIpc) is 3.02. The van der Waals surface area contributed by atoms with E-state index in [1.807, 2.05) is 36.6 Å². The van der Waals surface area contributed by atoms with Gasteiger partial charge in [0.2, 0.25) is 0 Å². The zero-order valence-corrected chi connectivity index (χ0v) is 15.0. The summed E-state index contributed by atoms with van der Waals surface area (Å²) < 4.78 is 0. The molecule has 0 bridgehead atoms. The zero-order chi connectivity index (χ0) is 17.1. The number of carbonyl (C=O) groups is 1. The van der Waals surface area contributed by atoms with Crippen LogP contribution in [0.2, 0.25) is 10.2 Å². The predicted octanol–water partition coefficient (Wildman–Crippen LogP) is 4.75. The predicted molar refractivity (Wildman–Crippen MR) is 97.7 cm³/mol. The van der Waals surface area contributed by atoms with Crippen molar-refractivity contribution < 1.29 is 4.79 Å². The summed E-state index contributed by atoms with van der Waals surface area (Å²) >= 11 is 13.2. The first-order valence-corrected chi connectivity index (χ1v) is 8.77. The molecule has 0 saturated carbocycles. The minimum atomic E-state index is -0.250. The zero-order valence-electron chi connectivity index (χ0n) is 12.7. The highest BCUT2D eigenvalue weighted by atomic mass is 35.5. The fourth-order valence-electron chi connectivity index (χ4n) is 2.12. The van der Waals surface area contributed by atoms with E-state index in [-0.39, 0.29) is 16.1 Å². The monoisotopic (exact) mass is 377 g/mol. The largest absolute Gasteiger partial charge is 0.348 e. The summed E-state index contributed by atoms with van der Waals surface area (Å²) in [5, 5.41) is 6.34. The Morgan fingerprint density at radius 1 is 1.25 bits per heavy atom. The van der Waals surface area contributed by atoms with Gasteiger partial charge in [-0.3, -0.25) is 4.79 Å². The number of rotatable bonds is 4. The molecular formula is C17H13Cl2N3OS. The number of nitrogens with zero attached hydrogens (tertiary/aromatic N) is 2. The van der Waals surface area contributed by atoms with Crippen LogP contribution in [-0.4, -0.2) is 15.9 Å². The number of benzene rings is 1. The van der Waals surface area contributed by atoms with Gasteiger partial charge in [0.25, 0.3) is 5.91 Å². The van der Waals surface area contributed by atoms with Crippen molar-refractivity contribution in [2.24, 2.45) is 0 Å². The third-order valence-corrected chi connectivity index (χ3v) is 4.84. The number of carbonyl (C=O) groups excluding carboxylic acids is 1. The van der Waals surface area contributed by atoms with Crippen LogP contribution in [0.3, 0.4) is 0 Å². The molecule has 4 nitrogen and oxygen atoms in total. The van der Waals surface area contributed by atoms with Crippen molar-refractivity contribution >= 4 is 40.4 Å². The van der Waals surface area contributed by atoms with E-state index < -0.39 is 0 Å². The first-order valence-electron chi connectivity index (χ1n) is 7.13. The lowest BCUT2D eigenvalue weighted by molar-refractivity contribution is 0.0950. The van der Waals surface area contributed by atoms with Gasteiger partial charge in [0.1, 0.15) is 5.15 Å². The number of hydrogen-bond acceptors (Lipinski definition) is 4. The summed E-state index contributed by atoms with van der Waals surface area (Å²) in [6.07, 6.45) is 1.40. The lowest BCUT2D eigenvalue weighted by Crippen LogP contribution is -2.22. The van der Waals surface area contributed by atoms with Gasteiger partial charge in [0, 0.05) is 23.7 Å². The molecular weight excluding hydrogens is 365 g/mol. The van der Waals surface area contributed by atoms with Gasteiger partial charge in [-0.25, -0.2) is 9.97 Å². The Hall–Kier alpha value is -1.95. The van der Waals surface area contributed by atoms with Crippen LogP contribution in [0.15, 0.2) is 41.9 Å². The summed E-state index contributed by atoms with van der Waals surface area (Å²) in [7, 11) is 0. The van der Waals surface area contributed by atoms with Crippen molar-refractivity contribution in [1.29, 1.82) is 0 Å². The topological polar surface area (TPSA) is 54.9 Å². The van der Waals surface area contributed by atoms with Crippen LogP contribution in [0.5, 0.6) is 0 Å². The van der Waals surface area contributed by atoms with E-state index in [4.69, 9.17) is 23.2 Å². The van der Waals surface area contributed by atoms with Crippen LogP contribution in [0.4, 0.5) is 0 Å². The molecule has 2 aromatic heterocycles. The maximum atomic E-state index is 12.1. The lowest BCUT2D eigenvalue weighted by Gasteiger charge is -2.06. The fourth-order valence-corrected chi connectivity index (χ4v) is 3.01. The van der Waals surface area contributed by atoms with Crippen molar-refractivity contribution in [3.8, 4) is 11.3 Å². The minimum absolute atomic E-state index is 0.182. The maximum Gasteiger partial charge on any atom is 0.253 e. The van der Waals surface area contributed by atoms with E-state index >= 15 is 0 Å². The SMILES string of the molecule is Cc1nc(-c2ccc(CNC(=O)c3cnc(Cl)c(Cl)c3)cc2)cs1. The molecule has 0 saturated heterocycles. The highest BCUT2D eigenvalue weighted by molar-refractivity contribution is 7.09. The van der Waals surface area contributed by atoms with Crippen LogP contribution in [0, 0.1) is 6.92 Å². The third kappa shape index (κ3) is 3.93. The second kappa shape index (κ2) is 7.30. The van der Waals surface area contributed by atoms with E-state index in [0.29, 0.717) is 12.1 Å². The van der Waals surface area contributed by atoms with Crippen LogP contribution in [-0.2, 0) is 6.54 Å². The molecule has 3 aromatic rings. The molecule has 3 rings (SSSR count). The quantitative estimate of drug-likeness (QED) is 0.667. The molecule has 1 aromatic carbocycles. The summed E-state index contributed by atoms with van der Waals surface area (Å²) in [6.45, 7) is 2.39. The Morgan fingerprint density at radius 2 is 2.00 bits per heavy atom. The molecule has 0 spiro atoms. The van der Waals surface area contributed by atoms with E-state index in [1.54, 1.807) is 11.3 Å². The number of hydrogen-bond donors (Lipinski definition) is 1. The molecule has 7 heteroatoms. The standard InChI is InChI=1S/C17H13Cl2N3OS/c1-10-22-15(9-24-10)12-4-2-11(3-5-12)7-21-17(23)13-6-14(18)16(19)20-8-13/h2-6,8-9H,7H2,1H3,(H,21,23). The number of amides is 1.